The van der Waals surface area contributed by atoms with E-state index in [4.69, 9.17) is 10.5 Å². The molecule has 2 rings (SSSR count). The van der Waals surface area contributed by atoms with Crippen LogP contribution in [-0.2, 0) is 11.0 Å². The highest BCUT2D eigenvalue weighted by Gasteiger charge is 2.33. The fourth-order valence-corrected chi connectivity index (χ4v) is 3.02. The Morgan fingerprint density at radius 2 is 1.74 bits per heavy atom. The minimum atomic E-state index is -0.204. The molecule has 1 aliphatic carbocycles. The normalized spacial score (nSPS) is 19.2. The highest BCUT2D eigenvalue weighted by molar-refractivity contribution is 5.44. The van der Waals surface area contributed by atoms with Crippen LogP contribution in [0.1, 0.15) is 64.0 Å². The van der Waals surface area contributed by atoms with Crippen molar-refractivity contribution in [3.63, 3.8) is 0 Å². The third-order valence-electron chi connectivity index (χ3n) is 4.35. The average molecular weight is 261 g/mol. The summed E-state index contributed by atoms with van der Waals surface area (Å²) in [7, 11) is 1.74. The Balaban J connectivity index is 2.47. The molecule has 2 heteroatoms. The molecule has 1 fully saturated rings. The van der Waals surface area contributed by atoms with Crippen LogP contribution in [0.15, 0.2) is 18.2 Å². The second-order valence-corrected chi connectivity index (χ2v) is 6.88. The maximum atomic E-state index is 6.69. The van der Waals surface area contributed by atoms with E-state index in [1.807, 2.05) is 0 Å². The van der Waals surface area contributed by atoms with Crippen LogP contribution in [0.5, 0.6) is 5.75 Å². The molecule has 0 saturated heterocycles. The molecule has 1 aliphatic rings. The summed E-state index contributed by atoms with van der Waals surface area (Å²) in [5, 5.41) is 0. The second-order valence-electron chi connectivity index (χ2n) is 6.88. The summed E-state index contributed by atoms with van der Waals surface area (Å²) in [6.45, 7) is 6.72. The lowest BCUT2D eigenvalue weighted by Crippen LogP contribution is -2.39. The van der Waals surface area contributed by atoms with Crippen LogP contribution < -0.4 is 10.5 Å². The van der Waals surface area contributed by atoms with Crippen LogP contribution in [0, 0.1) is 0 Å². The fraction of sp³-hybridized carbons (Fsp3) is 0.647. The number of benzene rings is 1. The van der Waals surface area contributed by atoms with Gasteiger partial charge in [-0.3, -0.25) is 0 Å². The van der Waals surface area contributed by atoms with Gasteiger partial charge in [-0.1, -0.05) is 46.1 Å². The van der Waals surface area contributed by atoms with Gasteiger partial charge in [-0.2, -0.15) is 0 Å². The largest absolute Gasteiger partial charge is 0.496 e. The molecule has 1 aromatic carbocycles. The van der Waals surface area contributed by atoms with Crippen LogP contribution in [0.4, 0.5) is 0 Å². The molecular formula is C17H27NO. The van der Waals surface area contributed by atoms with Gasteiger partial charge < -0.3 is 10.5 Å². The Morgan fingerprint density at radius 3 is 2.26 bits per heavy atom. The maximum absolute atomic E-state index is 6.69. The SMILES string of the molecule is COc1ccc(C(C)(C)C)cc1C1(N)CCCCC1. The summed E-state index contributed by atoms with van der Waals surface area (Å²) in [4.78, 5) is 0. The highest BCUT2D eigenvalue weighted by Crippen LogP contribution is 2.41. The van der Waals surface area contributed by atoms with Crippen LogP contribution in [0.3, 0.4) is 0 Å². The van der Waals surface area contributed by atoms with Crippen molar-refractivity contribution in [1.29, 1.82) is 0 Å². The highest BCUT2D eigenvalue weighted by atomic mass is 16.5. The number of hydrogen-bond donors (Lipinski definition) is 1. The molecule has 0 bridgehead atoms. The minimum Gasteiger partial charge on any atom is -0.496 e. The molecule has 0 unspecified atom stereocenters. The van der Waals surface area contributed by atoms with Crippen molar-refractivity contribution in [2.24, 2.45) is 5.73 Å². The Labute approximate surface area is 117 Å². The predicted molar refractivity (Wildman–Crippen MR) is 80.6 cm³/mol. The van der Waals surface area contributed by atoms with Crippen molar-refractivity contribution < 1.29 is 4.74 Å². The summed E-state index contributed by atoms with van der Waals surface area (Å²) < 4.78 is 5.55. The summed E-state index contributed by atoms with van der Waals surface area (Å²) >= 11 is 0. The summed E-state index contributed by atoms with van der Waals surface area (Å²) in [6.07, 6.45) is 5.88. The lowest BCUT2D eigenvalue weighted by Gasteiger charge is -2.36. The number of nitrogens with two attached hydrogens (primary N) is 1. The predicted octanol–water partition coefficient (Wildman–Crippen LogP) is 4.11. The van der Waals surface area contributed by atoms with Gasteiger partial charge in [-0.25, -0.2) is 0 Å². The zero-order valence-electron chi connectivity index (χ0n) is 12.8. The van der Waals surface area contributed by atoms with E-state index in [9.17, 15) is 0 Å². The summed E-state index contributed by atoms with van der Waals surface area (Å²) in [5.41, 5.74) is 9.16. The molecule has 0 aliphatic heterocycles. The Hall–Kier alpha value is -1.02. The third kappa shape index (κ3) is 2.94. The van der Waals surface area contributed by atoms with Gasteiger partial charge in [-0.15, -0.1) is 0 Å². The lowest BCUT2D eigenvalue weighted by molar-refractivity contribution is 0.288. The smallest absolute Gasteiger partial charge is 0.123 e. The van der Waals surface area contributed by atoms with Crippen molar-refractivity contribution in [3.8, 4) is 5.75 Å². The number of rotatable bonds is 2. The first-order valence-corrected chi connectivity index (χ1v) is 7.35. The molecule has 0 amide bonds. The molecule has 0 atom stereocenters. The molecular weight excluding hydrogens is 234 g/mol. The van der Waals surface area contributed by atoms with Crippen molar-refractivity contribution in [1.82, 2.24) is 0 Å². The molecule has 0 radical (unpaired) electrons. The minimum absolute atomic E-state index is 0.145. The van der Waals surface area contributed by atoms with Crippen molar-refractivity contribution in [3.05, 3.63) is 29.3 Å². The zero-order chi connectivity index (χ0) is 14.1. The monoisotopic (exact) mass is 261 g/mol. The van der Waals surface area contributed by atoms with Gasteiger partial charge in [0.2, 0.25) is 0 Å². The van der Waals surface area contributed by atoms with Crippen LogP contribution in [-0.4, -0.2) is 7.11 Å². The zero-order valence-corrected chi connectivity index (χ0v) is 12.8. The standard InChI is InChI=1S/C17H27NO/c1-16(2,3)13-8-9-15(19-4)14(12-13)17(18)10-6-5-7-11-17/h8-9,12H,5-7,10-11,18H2,1-4H3. The molecule has 2 N–H and O–H groups in total. The van der Waals surface area contributed by atoms with Gasteiger partial charge >= 0.3 is 0 Å². The summed E-state index contributed by atoms with van der Waals surface area (Å²) in [6, 6.07) is 6.51. The van der Waals surface area contributed by atoms with Gasteiger partial charge in [0.25, 0.3) is 0 Å². The first-order valence-electron chi connectivity index (χ1n) is 7.35. The quantitative estimate of drug-likeness (QED) is 0.869. The van der Waals surface area contributed by atoms with Gasteiger partial charge in [0.1, 0.15) is 5.75 Å². The fourth-order valence-electron chi connectivity index (χ4n) is 3.02. The van der Waals surface area contributed by atoms with E-state index in [2.05, 4.69) is 39.0 Å². The first-order chi connectivity index (χ1) is 8.87. The maximum Gasteiger partial charge on any atom is 0.123 e. The van der Waals surface area contributed by atoms with Crippen molar-refractivity contribution in [2.45, 2.75) is 63.8 Å². The molecule has 0 heterocycles. The average Bonchev–Trinajstić information content (AvgIpc) is 2.38. The summed E-state index contributed by atoms with van der Waals surface area (Å²) in [5.74, 6) is 0.942. The van der Waals surface area contributed by atoms with Gasteiger partial charge in [0.05, 0.1) is 7.11 Å². The number of hydrogen-bond acceptors (Lipinski definition) is 2. The first kappa shape index (κ1) is 14.4. The third-order valence-corrected chi connectivity index (χ3v) is 4.35. The molecule has 0 spiro atoms. The molecule has 2 nitrogen and oxygen atoms in total. The lowest BCUT2D eigenvalue weighted by atomic mass is 9.75. The molecule has 0 aromatic heterocycles. The van der Waals surface area contributed by atoms with Gasteiger partial charge in [0, 0.05) is 11.1 Å². The molecule has 19 heavy (non-hydrogen) atoms. The topological polar surface area (TPSA) is 35.2 Å². The Kier molecular flexibility index (Phi) is 3.91. The van der Waals surface area contributed by atoms with Crippen LogP contribution >= 0.6 is 0 Å². The van der Waals surface area contributed by atoms with E-state index < -0.39 is 0 Å². The van der Waals surface area contributed by atoms with E-state index in [1.54, 1.807) is 7.11 Å². The molecule has 1 aromatic rings. The molecule has 106 valence electrons. The van der Waals surface area contributed by atoms with E-state index in [1.165, 1.54) is 30.4 Å². The second kappa shape index (κ2) is 5.16. The Bertz CT molecular complexity index is 439. The van der Waals surface area contributed by atoms with Gasteiger partial charge in [-0.05, 0) is 36.0 Å². The number of methoxy groups -OCH3 is 1. The van der Waals surface area contributed by atoms with Gasteiger partial charge in [0.15, 0.2) is 0 Å². The van der Waals surface area contributed by atoms with E-state index in [0.717, 1.165) is 18.6 Å². The van der Waals surface area contributed by atoms with E-state index in [0.29, 0.717) is 0 Å². The molecule has 1 saturated carbocycles. The van der Waals surface area contributed by atoms with Crippen molar-refractivity contribution >= 4 is 0 Å². The van der Waals surface area contributed by atoms with E-state index in [-0.39, 0.29) is 11.0 Å². The van der Waals surface area contributed by atoms with Crippen molar-refractivity contribution in [2.75, 3.05) is 7.11 Å². The Morgan fingerprint density at radius 1 is 1.11 bits per heavy atom. The van der Waals surface area contributed by atoms with E-state index >= 15 is 0 Å². The van der Waals surface area contributed by atoms with Crippen LogP contribution in [0.2, 0.25) is 0 Å². The van der Waals surface area contributed by atoms with Crippen LogP contribution in [0.25, 0.3) is 0 Å². The number of ether oxygens (including phenoxy) is 1.